The lowest BCUT2D eigenvalue weighted by Gasteiger charge is -2.06. The normalized spacial score (nSPS) is 12.6. The number of benzene rings is 1. The molecule has 0 fully saturated rings. The molecule has 17 heavy (non-hydrogen) atoms. The lowest BCUT2D eigenvalue weighted by molar-refractivity contribution is 0.199. The predicted molar refractivity (Wildman–Crippen MR) is 65.7 cm³/mol. The summed E-state index contributed by atoms with van der Waals surface area (Å²) in [5.74, 6) is 1.91. The zero-order valence-electron chi connectivity index (χ0n) is 9.75. The minimum Gasteiger partial charge on any atom is -0.389 e. The van der Waals surface area contributed by atoms with Crippen molar-refractivity contribution in [3.63, 3.8) is 0 Å². The summed E-state index contributed by atoms with van der Waals surface area (Å²) in [5, 5.41) is 13.2. The van der Waals surface area contributed by atoms with Crippen molar-refractivity contribution in [1.82, 2.24) is 10.1 Å². The summed E-state index contributed by atoms with van der Waals surface area (Å²) < 4.78 is 5.03. The van der Waals surface area contributed by atoms with Gasteiger partial charge in [0.1, 0.15) is 0 Å². The molecule has 1 aromatic carbocycles. The first-order chi connectivity index (χ1) is 8.15. The van der Waals surface area contributed by atoms with Crippen LogP contribution in [-0.2, 0) is 5.75 Å². The van der Waals surface area contributed by atoms with Gasteiger partial charge in [-0.25, -0.2) is 0 Å². The third-order valence-electron chi connectivity index (χ3n) is 2.27. The highest BCUT2D eigenvalue weighted by Gasteiger charge is 2.05. The highest BCUT2D eigenvalue weighted by molar-refractivity contribution is 7.98. The molecule has 0 aliphatic carbocycles. The molecule has 0 bridgehead atoms. The van der Waals surface area contributed by atoms with Crippen molar-refractivity contribution in [2.45, 2.75) is 30.6 Å². The number of thioether (sulfide) groups is 1. The van der Waals surface area contributed by atoms with Crippen LogP contribution in [0.4, 0.5) is 0 Å². The summed E-state index contributed by atoms with van der Waals surface area (Å²) in [5.41, 5.74) is 0.914. The van der Waals surface area contributed by atoms with Gasteiger partial charge in [0, 0.05) is 4.90 Å². The Labute approximate surface area is 104 Å². The van der Waals surface area contributed by atoms with Gasteiger partial charge >= 0.3 is 0 Å². The summed E-state index contributed by atoms with van der Waals surface area (Å²) in [4.78, 5) is 5.22. The van der Waals surface area contributed by atoms with Crippen molar-refractivity contribution >= 4 is 11.8 Å². The number of aromatic nitrogens is 2. The predicted octanol–water partition coefficient (Wildman–Crippen LogP) is 2.72. The van der Waals surface area contributed by atoms with E-state index in [1.165, 1.54) is 0 Å². The van der Waals surface area contributed by atoms with Crippen LogP contribution in [0.1, 0.15) is 30.3 Å². The number of nitrogens with zero attached hydrogens (tertiary/aromatic N) is 2. The van der Waals surface area contributed by atoms with Crippen molar-refractivity contribution in [3.8, 4) is 0 Å². The van der Waals surface area contributed by atoms with E-state index in [2.05, 4.69) is 10.1 Å². The topological polar surface area (TPSA) is 59.2 Å². The molecule has 0 aliphatic rings. The molecule has 1 unspecified atom stereocenters. The third kappa shape index (κ3) is 3.31. The van der Waals surface area contributed by atoms with Crippen LogP contribution < -0.4 is 0 Å². The quantitative estimate of drug-likeness (QED) is 0.845. The fourth-order valence-electron chi connectivity index (χ4n) is 1.41. The minimum atomic E-state index is -0.443. The fourth-order valence-corrected chi connectivity index (χ4v) is 2.21. The maximum atomic E-state index is 9.49. The molecule has 0 saturated heterocycles. The Hall–Kier alpha value is -1.33. The largest absolute Gasteiger partial charge is 0.389 e. The van der Waals surface area contributed by atoms with Gasteiger partial charge in [0.25, 0.3) is 0 Å². The molecule has 0 spiro atoms. The Kier molecular flexibility index (Phi) is 3.81. The molecule has 0 aliphatic heterocycles. The molecule has 2 rings (SSSR count). The van der Waals surface area contributed by atoms with Gasteiger partial charge < -0.3 is 9.63 Å². The monoisotopic (exact) mass is 250 g/mol. The van der Waals surface area contributed by atoms with E-state index >= 15 is 0 Å². The Morgan fingerprint density at radius 2 is 2.29 bits per heavy atom. The SMILES string of the molecule is Cc1noc(CSc2cccc(C(C)O)c2)n1. The molecule has 2 aromatic rings. The molecule has 4 nitrogen and oxygen atoms in total. The van der Waals surface area contributed by atoms with Crippen molar-refractivity contribution in [3.05, 3.63) is 41.5 Å². The molecule has 0 amide bonds. The van der Waals surface area contributed by atoms with E-state index in [1.54, 1.807) is 25.6 Å². The molecular formula is C12H14N2O2S. The number of rotatable bonds is 4. The first-order valence-electron chi connectivity index (χ1n) is 5.35. The molecule has 1 atom stereocenters. The van der Waals surface area contributed by atoms with Gasteiger partial charge in [-0.1, -0.05) is 17.3 Å². The zero-order valence-corrected chi connectivity index (χ0v) is 10.6. The van der Waals surface area contributed by atoms with Gasteiger partial charge in [-0.2, -0.15) is 4.98 Å². The molecule has 0 saturated carbocycles. The average Bonchev–Trinajstić information content (AvgIpc) is 2.73. The van der Waals surface area contributed by atoms with Crippen molar-refractivity contribution in [1.29, 1.82) is 0 Å². The van der Waals surface area contributed by atoms with E-state index in [-0.39, 0.29) is 0 Å². The zero-order chi connectivity index (χ0) is 12.3. The number of aliphatic hydroxyl groups excluding tert-OH is 1. The van der Waals surface area contributed by atoms with Crippen LogP contribution >= 0.6 is 11.8 Å². The van der Waals surface area contributed by atoms with Crippen molar-refractivity contribution < 1.29 is 9.63 Å². The van der Waals surface area contributed by atoms with Gasteiger partial charge in [-0.3, -0.25) is 0 Å². The van der Waals surface area contributed by atoms with E-state index in [0.29, 0.717) is 17.5 Å². The van der Waals surface area contributed by atoms with Gasteiger partial charge in [-0.05, 0) is 31.5 Å². The smallest absolute Gasteiger partial charge is 0.236 e. The van der Waals surface area contributed by atoms with E-state index in [1.807, 2.05) is 24.3 Å². The Morgan fingerprint density at radius 1 is 1.47 bits per heavy atom. The van der Waals surface area contributed by atoms with Crippen molar-refractivity contribution in [2.75, 3.05) is 0 Å². The van der Waals surface area contributed by atoms with Gasteiger partial charge in [0.05, 0.1) is 11.9 Å². The first kappa shape index (κ1) is 12.1. The van der Waals surface area contributed by atoms with Gasteiger partial charge in [0.15, 0.2) is 5.82 Å². The molecule has 1 aromatic heterocycles. The first-order valence-corrected chi connectivity index (χ1v) is 6.34. The lowest BCUT2D eigenvalue weighted by Crippen LogP contribution is -1.90. The van der Waals surface area contributed by atoms with E-state index in [4.69, 9.17) is 4.52 Å². The standard InChI is InChI=1S/C12H14N2O2S/c1-8(15)10-4-3-5-11(6-10)17-7-12-13-9(2)14-16-12/h3-6,8,15H,7H2,1-2H3. The van der Waals surface area contributed by atoms with Gasteiger partial charge in [0.2, 0.25) is 5.89 Å². The van der Waals surface area contributed by atoms with Crippen LogP contribution in [0.2, 0.25) is 0 Å². The highest BCUT2D eigenvalue weighted by Crippen LogP contribution is 2.24. The van der Waals surface area contributed by atoms with E-state index in [0.717, 1.165) is 10.5 Å². The second-order valence-electron chi connectivity index (χ2n) is 3.77. The molecular weight excluding hydrogens is 236 g/mol. The Bertz CT molecular complexity index is 497. The van der Waals surface area contributed by atoms with E-state index < -0.39 is 6.10 Å². The second kappa shape index (κ2) is 5.33. The number of hydrogen-bond donors (Lipinski definition) is 1. The molecule has 90 valence electrons. The second-order valence-corrected chi connectivity index (χ2v) is 4.82. The molecule has 1 heterocycles. The number of aryl methyl sites for hydroxylation is 1. The summed E-state index contributed by atoms with van der Waals surface area (Å²) in [6, 6.07) is 7.81. The van der Waals surface area contributed by atoms with Crippen LogP contribution in [0.15, 0.2) is 33.7 Å². The summed E-state index contributed by atoms with van der Waals surface area (Å²) in [6.07, 6.45) is -0.443. The lowest BCUT2D eigenvalue weighted by atomic mass is 10.1. The van der Waals surface area contributed by atoms with Crippen molar-refractivity contribution in [2.24, 2.45) is 0 Å². The van der Waals surface area contributed by atoms with Crippen LogP contribution in [-0.4, -0.2) is 15.2 Å². The summed E-state index contributed by atoms with van der Waals surface area (Å²) >= 11 is 1.61. The molecule has 0 radical (unpaired) electrons. The average molecular weight is 250 g/mol. The van der Waals surface area contributed by atoms with Crippen LogP contribution in [0.5, 0.6) is 0 Å². The summed E-state index contributed by atoms with van der Waals surface area (Å²) in [7, 11) is 0. The Morgan fingerprint density at radius 3 is 2.94 bits per heavy atom. The minimum absolute atomic E-state index is 0.443. The molecule has 5 heteroatoms. The van der Waals surface area contributed by atoms with Crippen LogP contribution in [0, 0.1) is 6.92 Å². The van der Waals surface area contributed by atoms with Gasteiger partial charge in [-0.15, -0.1) is 11.8 Å². The fraction of sp³-hybridized carbons (Fsp3) is 0.333. The Balaban J connectivity index is 2.01. The maximum absolute atomic E-state index is 9.49. The number of hydrogen-bond acceptors (Lipinski definition) is 5. The maximum Gasteiger partial charge on any atom is 0.236 e. The highest BCUT2D eigenvalue weighted by atomic mass is 32.2. The number of aliphatic hydroxyl groups is 1. The van der Waals surface area contributed by atoms with Crippen LogP contribution in [0.3, 0.4) is 0 Å². The molecule has 1 N–H and O–H groups in total. The third-order valence-corrected chi connectivity index (χ3v) is 3.25. The van der Waals surface area contributed by atoms with E-state index in [9.17, 15) is 5.11 Å². The summed E-state index contributed by atoms with van der Waals surface area (Å²) in [6.45, 7) is 3.55. The van der Waals surface area contributed by atoms with Crippen LogP contribution in [0.25, 0.3) is 0 Å².